The summed E-state index contributed by atoms with van der Waals surface area (Å²) < 4.78 is 71.5. The highest BCUT2D eigenvalue weighted by atomic mass is 32.2. The van der Waals surface area contributed by atoms with Crippen LogP contribution < -0.4 is 4.18 Å². The Bertz CT molecular complexity index is 1350. The monoisotopic (exact) mass is 527 g/mol. The molecule has 3 rings (SSSR count). The van der Waals surface area contributed by atoms with Crippen molar-refractivity contribution in [2.45, 2.75) is 38.1 Å². The first-order chi connectivity index (χ1) is 16.6. The van der Waals surface area contributed by atoms with Gasteiger partial charge < -0.3 is 8.92 Å². The van der Waals surface area contributed by atoms with E-state index in [0.717, 1.165) is 12.1 Å². The molecule has 1 fully saturated rings. The number of alkyl halides is 3. The number of ether oxygens (including phenoxy) is 1. The third-order valence-electron chi connectivity index (χ3n) is 6.45. The van der Waals surface area contributed by atoms with Gasteiger partial charge in [0.05, 0.1) is 12.0 Å². The summed E-state index contributed by atoms with van der Waals surface area (Å²) in [5, 5.41) is 20.7. The number of hydrogen-bond donors (Lipinski definition) is 0. The number of nitrogens with zero attached hydrogens (tertiary/aromatic N) is 3. The van der Waals surface area contributed by atoms with Crippen molar-refractivity contribution in [1.29, 1.82) is 5.26 Å². The average molecular weight is 527 g/mol. The highest BCUT2D eigenvalue weighted by Gasteiger charge is 2.51. The van der Waals surface area contributed by atoms with Gasteiger partial charge in [-0.05, 0) is 41.5 Å². The van der Waals surface area contributed by atoms with Crippen LogP contribution in [0.15, 0.2) is 30.3 Å². The molecular weight excluding hydrogens is 507 g/mol. The molecule has 14 heteroatoms. The molecule has 192 valence electrons. The van der Waals surface area contributed by atoms with E-state index in [-0.39, 0.29) is 34.8 Å². The zero-order chi connectivity index (χ0) is 27.1. The quantitative estimate of drug-likeness (QED) is 0.167. The number of rotatable bonds is 7. The average Bonchev–Trinajstić information content (AvgIpc) is 2.79. The van der Waals surface area contributed by atoms with Gasteiger partial charge in [-0.1, -0.05) is 13.8 Å². The Labute approximate surface area is 203 Å². The molecule has 0 spiro atoms. The van der Waals surface area contributed by atoms with Gasteiger partial charge in [0.2, 0.25) is 0 Å². The lowest BCUT2D eigenvalue weighted by molar-refractivity contribution is -0.384. The normalized spacial score (nSPS) is 19.0. The molecule has 1 aliphatic carbocycles. The standard InChI is InChI=1S/C22H20F3N3O7S/c1-21(2)13(9-19(29)34-3)8-17(21)18-10-15(12-4-6-14(7-5-12)28(30)31)16(11-26)20(27-18)35-36(32,33)22(23,24)25/h4-7,10,13,17H,8-9H2,1-3H3. The molecule has 10 nitrogen and oxygen atoms in total. The van der Waals surface area contributed by atoms with Crippen LogP contribution in [0.25, 0.3) is 11.1 Å². The van der Waals surface area contributed by atoms with Crippen LogP contribution >= 0.6 is 0 Å². The van der Waals surface area contributed by atoms with Gasteiger partial charge in [0.1, 0.15) is 11.6 Å². The second-order valence-electron chi connectivity index (χ2n) is 8.76. The number of hydrogen-bond acceptors (Lipinski definition) is 9. The van der Waals surface area contributed by atoms with Crippen molar-refractivity contribution >= 4 is 21.8 Å². The van der Waals surface area contributed by atoms with Crippen LogP contribution in [-0.4, -0.2) is 36.9 Å². The van der Waals surface area contributed by atoms with Crippen molar-refractivity contribution in [2.75, 3.05) is 7.11 Å². The number of carbonyl (C=O) groups excluding carboxylic acids is 1. The number of non-ortho nitro benzene ring substituents is 1. The zero-order valence-electron chi connectivity index (χ0n) is 19.2. The second-order valence-corrected chi connectivity index (χ2v) is 10.3. The molecule has 36 heavy (non-hydrogen) atoms. The predicted octanol–water partition coefficient (Wildman–Crippen LogP) is 4.45. The minimum atomic E-state index is -6.15. The van der Waals surface area contributed by atoms with Crippen molar-refractivity contribution in [2.24, 2.45) is 11.3 Å². The van der Waals surface area contributed by atoms with Gasteiger partial charge >= 0.3 is 21.6 Å². The lowest BCUT2D eigenvalue weighted by Gasteiger charge is -2.51. The van der Waals surface area contributed by atoms with Crippen LogP contribution in [0.2, 0.25) is 0 Å². The van der Waals surface area contributed by atoms with Gasteiger partial charge in [-0.15, -0.1) is 0 Å². The number of methoxy groups -OCH3 is 1. The molecular formula is C22H20F3N3O7S. The number of nitriles is 1. The van der Waals surface area contributed by atoms with E-state index < -0.39 is 49.3 Å². The zero-order valence-corrected chi connectivity index (χ0v) is 20.0. The number of esters is 1. The SMILES string of the molecule is COC(=O)CC1CC(c2cc(-c3ccc([N+](=O)[O-])cc3)c(C#N)c(OS(=O)(=O)C(F)(F)F)n2)C1(C)C. The Hall–Kier alpha value is -3.73. The summed E-state index contributed by atoms with van der Waals surface area (Å²) in [6.45, 7) is 3.63. The van der Waals surface area contributed by atoms with Crippen LogP contribution in [0.1, 0.15) is 43.9 Å². The Balaban J connectivity index is 2.16. The van der Waals surface area contributed by atoms with E-state index in [4.69, 9.17) is 4.74 Å². The van der Waals surface area contributed by atoms with Gasteiger partial charge in [-0.2, -0.15) is 26.9 Å². The fourth-order valence-electron chi connectivity index (χ4n) is 4.18. The molecule has 0 amide bonds. The molecule has 1 saturated carbocycles. The minimum absolute atomic E-state index is 0.0167. The molecule has 0 bridgehead atoms. The van der Waals surface area contributed by atoms with E-state index >= 15 is 0 Å². The lowest BCUT2D eigenvalue weighted by atomic mass is 9.52. The molecule has 1 aliphatic rings. The smallest absolute Gasteiger partial charge is 0.469 e. The van der Waals surface area contributed by atoms with Crippen LogP contribution in [-0.2, 0) is 19.6 Å². The number of carbonyl (C=O) groups is 1. The topological polar surface area (TPSA) is 149 Å². The highest BCUT2D eigenvalue weighted by molar-refractivity contribution is 7.88. The molecule has 0 aliphatic heterocycles. The third kappa shape index (κ3) is 4.97. The molecule has 1 aromatic heterocycles. The fraction of sp³-hybridized carbons (Fsp3) is 0.409. The predicted molar refractivity (Wildman–Crippen MR) is 118 cm³/mol. The summed E-state index contributed by atoms with van der Waals surface area (Å²) in [5.74, 6) is -2.09. The van der Waals surface area contributed by atoms with Crippen molar-refractivity contribution in [3.05, 3.63) is 51.7 Å². The minimum Gasteiger partial charge on any atom is -0.469 e. The van der Waals surface area contributed by atoms with Crippen molar-refractivity contribution in [3.8, 4) is 23.1 Å². The summed E-state index contributed by atoms with van der Waals surface area (Å²) in [6, 6.07) is 7.83. The van der Waals surface area contributed by atoms with Crippen LogP contribution in [0, 0.1) is 32.8 Å². The summed E-state index contributed by atoms with van der Waals surface area (Å²) in [7, 11) is -4.91. The third-order valence-corrected chi connectivity index (χ3v) is 7.39. The number of nitro benzene ring substituents is 1. The van der Waals surface area contributed by atoms with Gasteiger partial charge in [-0.25, -0.2) is 4.98 Å². The first-order valence-electron chi connectivity index (χ1n) is 10.4. The maximum atomic E-state index is 13.0. The maximum Gasteiger partial charge on any atom is 0.534 e. The van der Waals surface area contributed by atoms with E-state index in [2.05, 4.69) is 9.17 Å². The van der Waals surface area contributed by atoms with E-state index in [1.54, 1.807) is 6.07 Å². The maximum absolute atomic E-state index is 13.0. The van der Waals surface area contributed by atoms with Crippen LogP contribution in [0.5, 0.6) is 5.88 Å². The number of halogens is 3. The molecule has 1 aromatic carbocycles. The number of benzene rings is 1. The first kappa shape index (κ1) is 26.9. The summed E-state index contributed by atoms with van der Waals surface area (Å²) in [6.07, 6.45) is 0.476. The van der Waals surface area contributed by atoms with E-state index in [9.17, 15) is 41.8 Å². The fourth-order valence-corrected chi connectivity index (χ4v) is 4.60. The second kappa shape index (κ2) is 9.38. The summed E-state index contributed by atoms with van der Waals surface area (Å²) >= 11 is 0. The van der Waals surface area contributed by atoms with E-state index in [1.807, 2.05) is 13.8 Å². The van der Waals surface area contributed by atoms with Gasteiger partial charge in [0.25, 0.3) is 11.6 Å². The van der Waals surface area contributed by atoms with Crippen molar-refractivity contribution in [1.82, 2.24) is 4.98 Å². The molecule has 0 radical (unpaired) electrons. The Morgan fingerprint density at radius 3 is 2.39 bits per heavy atom. The van der Waals surface area contributed by atoms with Crippen molar-refractivity contribution < 1.29 is 40.2 Å². The van der Waals surface area contributed by atoms with Gasteiger partial charge in [-0.3, -0.25) is 14.9 Å². The van der Waals surface area contributed by atoms with Crippen LogP contribution in [0.3, 0.4) is 0 Å². The molecule has 0 saturated heterocycles. The molecule has 0 N–H and O–H groups in total. The largest absolute Gasteiger partial charge is 0.534 e. The van der Waals surface area contributed by atoms with Gasteiger partial charge in [0, 0.05) is 35.7 Å². The number of nitro groups is 1. The Morgan fingerprint density at radius 2 is 1.92 bits per heavy atom. The molecule has 1 heterocycles. The lowest BCUT2D eigenvalue weighted by Crippen LogP contribution is -2.44. The Morgan fingerprint density at radius 1 is 1.31 bits per heavy atom. The van der Waals surface area contributed by atoms with Gasteiger partial charge in [0.15, 0.2) is 0 Å². The molecule has 2 atom stereocenters. The van der Waals surface area contributed by atoms with E-state index in [0.29, 0.717) is 6.42 Å². The first-order valence-corrected chi connectivity index (χ1v) is 11.8. The summed E-state index contributed by atoms with van der Waals surface area (Å²) in [4.78, 5) is 26.0. The van der Waals surface area contributed by atoms with E-state index in [1.165, 1.54) is 25.3 Å². The molecule has 2 aromatic rings. The number of aromatic nitrogens is 1. The van der Waals surface area contributed by atoms with Crippen LogP contribution in [0.4, 0.5) is 18.9 Å². The highest BCUT2D eigenvalue weighted by Crippen LogP contribution is 2.58. The molecule has 2 unspecified atom stereocenters. The van der Waals surface area contributed by atoms with Crippen molar-refractivity contribution in [3.63, 3.8) is 0 Å². The Kier molecular flexibility index (Phi) is 7.00. The number of pyridine rings is 1. The summed E-state index contributed by atoms with van der Waals surface area (Å²) in [5.41, 5.74) is -6.91.